The Morgan fingerprint density at radius 1 is 1.41 bits per heavy atom. The van der Waals surface area contributed by atoms with E-state index in [0.29, 0.717) is 12.1 Å². The molecule has 0 atom stereocenters. The summed E-state index contributed by atoms with van der Waals surface area (Å²) in [5, 5.41) is 12.4. The predicted molar refractivity (Wildman–Crippen MR) is 69.0 cm³/mol. The third-order valence-electron chi connectivity index (χ3n) is 2.42. The number of nitriles is 1. The van der Waals surface area contributed by atoms with Crippen LogP contribution in [0.5, 0.6) is 0 Å². The lowest BCUT2D eigenvalue weighted by Gasteiger charge is -2.09. The Morgan fingerprint density at radius 2 is 2.29 bits per heavy atom. The van der Waals surface area contributed by atoms with Gasteiger partial charge in [0.05, 0.1) is 23.8 Å². The summed E-state index contributed by atoms with van der Waals surface area (Å²) in [6.45, 7) is 0.656. The number of thioether (sulfide) groups is 1. The van der Waals surface area contributed by atoms with Crippen LogP contribution in [-0.2, 0) is 6.54 Å². The standard InChI is InChI=1S/C13H12N2OS/c1-17-13-4-2-3-12(11(13)7-14)15-8-10-5-6-16-9-10/h2-6,9,15H,8H2,1H3. The van der Waals surface area contributed by atoms with E-state index in [0.717, 1.165) is 16.1 Å². The Kier molecular flexibility index (Phi) is 3.73. The highest BCUT2D eigenvalue weighted by Crippen LogP contribution is 2.26. The number of nitrogens with zero attached hydrogens (tertiary/aromatic N) is 1. The van der Waals surface area contributed by atoms with Crippen molar-refractivity contribution in [2.45, 2.75) is 11.4 Å². The fourth-order valence-corrected chi connectivity index (χ4v) is 2.13. The van der Waals surface area contributed by atoms with E-state index in [4.69, 9.17) is 9.68 Å². The van der Waals surface area contributed by atoms with Gasteiger partial charge in [-0.15, -0.1) is 11.8 Å². The second kappa shape index (κ2) is 5.46. The first-order valence-electron chi connectivity index (χ1n) is 5.17. The van der Waals surface area contributed by atoms with Crippen LogP contribution in [0, 0.1) is 11.3 Å². The predicted octanol–water partition coefficient (Wildman–Crippen LogP) is 3.49. The minimum atomic E-state index is 0.656. The van der Waals surface area contributed by atoms with Crippen LogP contribution in [0.2, 0.25) is 0 Å². The monoisotopic (exact) mass is 244 g/mol. The van der Waals surface area contributed by atoms with E-state index in [1.807, 2.05) is 30.5 Å². The maximum atomic E-state index is 9.17. The Balaban J connectivity index is 2.18. The maximum absolute atomic E-state index is 9.17. The van der Waals surface area contributed by atoms with E-state index in [1.165, 1.54) is 0 Å². The van der Waals surface area contributed by atoms with Crippen LogP contribution >= 0.6 is 11.8 Å². The third kappa shape index (κ3) is 2.63. The molecule has 17 heavy (non-hydrogen) atoms. The highest BCUT2D eigenvalue weighted by molar-refractivity contribution is 7.98. The summed E-state index contributed by atoms with van der Waals surface area (Å²) in [6, 6.07) is 9.95. The van der Waals surface area contributed by atoms with Gasteiger partial charge in [0.25, 0.3) is 0 Å². The van der Waals surface area contributed by atoms with Crippen LogP contribution in [0.25, 0.3) is 0 Å². The molecule has 86 valence electrons. The number of hydrogen-bond acceptors (Lipinski definition) is 4. The molecule has 0 bridgehead atoms. The topological polar surface area (TPSA) is 49.0 Å². The SMILES string of the molecule is CSc1cccc(NCc2ccoc2)c1C#N. The average molecular weight is 244 g/mol. The molecule has 0 saturated heterocycles. The fourth-order valence-electron chi connectivity index (χ4n) is 1.55. The summed E-state index contributed by atoms with van der Waals surface area (Å²) < 4.78 is 5.00. The van der Waals surface area contributed by atoms with Crippen molar-refractivity contribution in [3.63, 3.8) is 0 Å². The van der Waals surface area contributed by atoms with Gasteiger partial charge in [-0.1, -0.05) is 6.07 Å². The number of anilines is 1. The molecule has 0 fully saturated rings. The van der Waals surface area contributed by atoms with Gasteiger partial charge in [0, 0.05) is 17.0 Å². The highest BCUT2D eigenvalue weighted by atomic mass is 32.2. The molecule has 2 aromatic rings. The molecule has 1 N–H and O–H groups in total. The lowest BCUT2D eigenvalue weighted by atomic mass is 10.2. The second-order valence-corrected chi connectivity index (χ2v) is 4.33. The van der Waals surface area contributed by atoms with Crippen molar-refractivity contribution < 1.29 is 4.42 Å². The van der Waals surface area contributed by atoms with Gasteiger partial charge >= 0.3 is 0 Å². The summed E-state index contributed by atoms with van der Waals surface area (Å²) in [6.07, 6.45) is 5.30. The van der Waals surface area contributed by atoms with Gasteiger partial charge in [-0.25, -0.2) is 0 Å². The minimum Gasteiger partial charge on any atom is -0.472 e. The molecule has 0 aliphatic carbocycles. The van der Waals surface area contributed by atoms with E-state index in [9.17, 15) is 0 Å². The molecule has 0 aliphatic heterocycles. The molecule has 0 unspecified atom stereocenters. The number of furan rings is 1. The minimum absolute atomic E-state index is 0.656. The first-order valence-corrected chi connectivity index (χ1v) is 6.39. The molecule has 0 radical (unpaired) electrons. The van der Waals surface area contributed by atoms with Crippen LogP contribution in [0.4, 0.5) is 5.69 Å². The Morgan fingerprint density at radius 3 is 2.94 bits per heavy atom. The number of benzene rings is 1. The van der Waals surface area contributed by atoms with Crippen LogP contribution < -0.4 is 5.32 Å². The summed E-state index contributed by atoms with van der Waals surface area (Å²) in [7, 11) is 0. The van der Waals surface area contributed by atoms with Gasteiger partial charge in [0.15, 0.2) is 0 Å². The first kappa shape index (κ1) is 11.6. The number of hydrogen-bond donors (Lipinski definition) is 1. The van der Waals surface area contributed by atoms with Gasteiger partial charge in [0.2, 0.25) is 0 Å². The van der Waals surface area contributed by atoms with Crippen molar-refractivity contribution in [3.05, 3.63) is 47.9 Å². The molecular weight excluding hydrogens is 232 g/mol. The first-order chi connectivity index (χ1) is 8.35. The Bertz CT molecular complexity index is 529. The van der Waals surface area contributed by atoms with E-state index >= 15 is 0 Å². The molecule has 0 amide bonds. The second-order valence-electron chi connectivity index (χ2n) is 3.48. The molecule has 0 spiro atoms. The Hall–Kier alpha value is -1.86. The van der Waals surface area contributed by atoms with E-state index in [1.54, 1.807) is 24.3 Å². The third-order valence-corrected chi connectivity index (χ3v) is 3.20. The van der Waals surface area contributed by atoms with Gasteiger partial charge in [-0.3, -0.25) is 0 Å². The zero-order valence-corrected chi connectivity index (χ0v) is 10.3. The van der Waals surface area contributed by atoms with E-state index in [-0.39, 0.29) is 0 Å². The fraction of sp³-hybridized carbons (Fsp3) is 0.154. The molecule has 3 nitrogen and oxygen atoms in total. The maximum Gasteiger partial charge on any atom is 0.102 e. The zero-order chi connectivity index (χ0) is 12.1. The van der Waals surface area contributed by atoms with Crippen molar-refractivity contribution >= 4 is 17.4 Å². The van der Waals surface area contributed by atoms with Crippen molar-refractivity contribution in [2.75, 3.05) is 11.6 Å². The van der Waals surface area contributed by atoms with Gasteiger partial charge in [0.1, 0.15) is 6.07 Å². The molecule has 1 heterocycles. The van der Waals surface area contributed by atoms with Crippen molar-refractivity contribution in [3.8, 4) is 6.07 Å². The van der Waals surface area contributed by atoms with Crippen LogP contribution in [0.15, 0.2) is 46.1 Å². The van der Waals surface area contributed by atoms with Gasteiger partial charge in [-0.2, -0.15) is 5.26 Å². The van der Waals surface area contributed by atoms with Crippen molar-refractivity contribution in [2.24, 2.45) is 0 Å². The Labute approximate surface area is 104 Å². The normalized spacial score (nSPS) is 9.88. The molecule has 2 rings (SSSR count). The molecule has 4 heteroatoms. The summed E-state index contributed by atoms with van der Waals surface area (Å²) in [5.41, 5.74) is 2.62. The summed E-state index contributed by atoms with van der Waals surface area (Å²) in [4.78, 5) is 0.990. The van der Waals surface area contributed by atoms with Crippen LogP contribution in [-0.4, -0.2) is 6.26 Å². The largest absolute Gasteiger partial charge is 0.472 e. The summed E-state index contributed by atoms with van der Waals surface area (Å²) in [5.74, 6) is 0. The number of rotatable bonds is 4. The van der Waals surface area contributed by atoms with Crippen LogP contribution in [0.1, 0.15) is 11.1 Å². The smallest absolute Gasteiger partial charge is 0.102 e. The molecule has 1 aromatic heterocycles. The molecular formula is C13H12N2OS. The highest BCUT2D eigenvalue weighted by Gasteiger charge is 2.06. The quantitative estimate of drug-likeness (QED) is 0.836. The van der Waals surface area contributed by atoms with E-state index < -0.39 is 0 Å². The van der Waals surface area contributed by atoms with Crippen molar-refractivity contribution in [1.82, 2.24) is 0 Å². The average Bonchev–Trinajstić information content (AvgIpc) is 2.88. The van der Waals surface area contributed by atoms with Gasteiger partial charge < -0.3 is 9.73 Å². The zero-order valence-electron chi connectivity index (χ0n) is 9.43. The summed E-state index contributed by atoms with van der Waals surface area (Å²) >= 11 is 1.58. The van der Waals surface area contributed by atoms with Crippen molar-refractivity contribution in [1.29, 1.82) is 5.26 Å². The molecule has 0 aliphatic rings. The molecule has 0 saturated carbocycles. The van der Waals surface area contributed by atoms with E-state index in [2.05, 4.69) is 11.4 Å². The number of nitrogens with one attached hydrogen (secondary N) is 1. The van der Waals surface area contributed by atoms with Gasteiger partial charge in [-0.05, 0) is 24.5 Å². The van der Waals surface area contributed by atoms with Crippen LogP contribution in [0.3, 0.4) is 0 Å². The molecule has 1 aromatic carbocycles. The lowest BCUT2D eigenvalue weighted by Crippen LogP contribution is -2.00. The lowest BCUT2D eigenvalue weighted by molar-refractivity contribution is 0.564.